The molecular weight excluding hydrogens is 679 g/mol. The van der Waals surface area contributed by atoms with Gasteiger partial charge in [-0.1, -0.05) is 58.8 Å². The van der Waals surface area contributed by atoms with E-state index in [9.17, 15) is 41.0 Å². The lowest BCUT2D eigenvalue weighted by atomic mass is 10.1. The van der Waals surface area contributed by atoms with Gasteiger partial charge in [0.05, 0.1) is 10.6 Å². The van der Waals surface area contributed by atoms with Crippen molar-refractivity contribution in [1.29, 1.82) is 0 Å². The average Bonchev–Trinajstić information content (AvgIpc) is 3.38. The van der Waals surface area contributed by atoms with Crippen LogP contribution in [0.4, 0.5) is 31.3 Å². The summed E-state index contributed by atoms with van der Waals surface area (Å²) >= 11 is 12.8. The van der Waals surface area contributed by atoms with Crippen LogP contribution in [0.5, 0.6) is 5.75 Å². The molecule has 1 aliphatic rings. The molecule has 1 aliphatic heterocycles. The number of nitrogens with zero attached hydrogens (tertiary/aromatic N) is 3. The summed E-state index contributed by atoms with van der Waals surface area (Å²) in [7, 11) is 1.96. The van der Waals surface area contributed by atoms with Crippen molar-refractivity contribution in [3.05, 3.63) is 74.1 Å². The van der Waals surface area contributed by atoms with Crippen molar-refractivity contribution in [2.24, 2.45) is 0 Å². The van der Waals surface area contributed by atoms with Crippen LogP contribution < -0.4 is 10.6 Å². The third-order valence-electron chi connectivity index (χ3n) is 5.90. The van der Waals surface area contributed by atoms with Gasteiger partial charge in [-0.2, -0.15) is 26.3 Å². The highest BCUT2D eigenvalue weighted by Gasteiger charge is 2.38. The third kappa shape index (κ3) is 9.53. The van der Waals surface area contributed by atoms with E-state index in [-0.39, 0.29) is 32.1 Å². The Morgan fingerprint density at radius 3 is 2.27 bits per heavy atom. The molecule has 0 atom stereocenters. The number of rotatable bonds is 6. The number of aromatic hydroxyl groups is 1. The zero-order chi connectivity index (χ0) is 33.7. The monoisotopic (exact) mass is 699 g/mol. The number of amides is 2. The summed E-state index contributed by atoms with van der Waals surface area (Å²) < 4.78 is 71.8. The Morgan fingerprint density at radius 2 is 1.71 bits per heavy atom. The van der Waals surface area contributed by atoms with Crippen LogP contribution in [-0.4, -0.2) is 69.2 Å². The fraction of sp³-hybridized carbons (Fsp3) is 0.269. The van der Waals surface area contributed by atoms with Gasteiger partial charge in [-0.25, -0.2) is 14.8 Å². The highest BCUT2D eigenvalue weighted by molar-refractivity contribution is 7.17. The number of hydrogen-bond donors (Lipinski definition) is 4. The SMILES string of the molecule is CN1CC=C(c2nc(C(=O)NCc3ccccc3C(F)(F)F)c(NC(=O)c3cc(Cl)c(O)c(Cl)n3)s2)CC1.O=C(O)C(F)(F)F. The molecule has 10 nitrogen and oxygen atoms in total. The van der Waals surface area contributed by atoms with Crippen LogP contribution >= 0.6 is 34.5 Å². The van der Waals surface area contributed by atoms with E-state index in [0.717, 1.165) is 35.6 Å². The minimum Gasteiger partial charge on any atom is -0.504 e. The van der Waals surface area contributed by atoms with Gasteiger partial charge in [0.2, 0.25) is 0 Å². The van der Waals surface area contributed by atoms with Gasteiger partial charge in [-0.3, -0.25) is 9.59 Å². The van der Waals surface area contributed by atoms with Gasteiger partial charge in [-0.15, -0.1) is 0 Å². The number of aliphatic carboxylic acids is 1. The Morgan fingerprint density at radius 1 is 1.07 bits per heavy atom. The molecule has 2 aromatic heterocycles. The van der Waals surface area contributed by atoms with E-state index in [4.69, 9.17) is 33.1 Å². The van der Waals surface area contributed by atoms with Crippen molar-refractivity contribution in [3.8, 4) is 5.75 Å². The van der Waals surface area contributed by atoms with E-state index in [0.29, 0.717) is 18.0 Å². The number of nitrogens with one attached hydrogen (secondary N) is 2. The van der Waals surface area contributed by atoms with E-state index in [1.165, 1.54) is 18.2 Å². The van der Waals surface area contributed by atoms with Crippen molar-refractivity contribution < 1.29 is 50.9 Å². The van der Waals surface area contributed by atoms with Crippen molar-refractivity contribution in [1.82, 2.24) is 20.2 Å². The first-order valence-electron chi connectivity index (χ1n) is 12.4. The first-order chi connectivity index (χ1) is 20.9. The first-order valence-corrected chi connectivity index (χ1v) is 13.9. The predicted octanol–water partition coefficient (Wildman–Crippen LogP) is 6.10. The maximum absolute atomic E-state index is 13.4. The summed E-state index contributed by atoms with van der Waals surface area (Å²) in [6.07, 6.45) is -7.06. The molecule has 0 saturated carbocycles. The molecule has 45 heavy (non-hydrogen) atoms. The molecule has 0 radical (unpaired) electrons. The summed E-state index contributed by atoms with van der Waals surface area (Å²) in [4.78, 5) is 45.2. The number of benzene rings is 1. The van der Waals surface area contributed by atoms with Gasteiger partial charge in [-0.05, 0) is 36.7 Å². The fourth-order valence-corrected chi connectivity index (χ4v) is 5.09. The number of thiazole rings is 1. The lowest BCUT2D eigenvalue weighted by molar-refractivity contribution is -0.192. The van der Waals surface area contributed by atoms with Crippen LogP contribution in [0.3, 0.4) is 0 Å². The van der Waals surface area contributed by atoms with Crippen LogP contribution in [0.25, 0.3) is 5.57 Å². The van der Waals surface area contributed by atoms with Gasteiger partial charge in [0.1, 0.15) is 15.7 Å². The first kappa shape index (κ1) is 35.5. The third-order valence-corrected chi connectivity index (χ3v) is 7.50. The maximum Gasteiger partial charge on any atom is 0.490 e. The smallest absolute Gasteiger partial charge is 0.490 e. The Kier molecular flexibility index (Phi) is 11.4. The molecule has 19 heteroatoms. The molecule has 4 rings (SSSR count). The second-order valence-corrected chi connectivity index (χ2v) is 10.9. The molecule has 0 saturated heterocycles. The average molecular weight is 700 g/mol. The summed E-state index contributed by atoms with van der Waals surface area (Å²) in [5.41, 5.74) is -0.504. The zero-order valence-corrected chi connectivity index (χ0v) is 25.0. The van der Waals surface area contributed by atoms with E-state index >= 15 is 0 Å². The molecule has 0 bridgehead atoms. The molecular formula is C26H21Cl2F6N5O5S. The number of hydrogen-bond acceptors (Lipinski definition) is 8. The second kappa shape index (κ2) is 14.4. The number of alkyl halides is 6. The van der Waals surface area contributed by atoms with Gasteiger partial charge < -0.3 is 25.7 Å². The van der Waals surface area contributed by atoms with Crippen LogP contribution in [0.1, 0.15) is 43.5 Å². The lowest BCUT2D eigenvalue weighted by Crippen LogP contribution is -2.26. The summed E-state index contributed by atoms with van der Waals surface area (Å²) in [5.74, 6) is -4.80. The molecule has 1 aromatic carbocycles. The lowest BCUT2D eigenvalue weighted by Gasteiger charge is -2.20. The predicted molar refractivity (Wildman–Crippen MR) is 152 cm³/mol. The van der Waals surface area contributed by atoms with Crippen molar-refractivity contribution in [2.75, 3.05) is 25.5 Å². The number of halogens is 8. The van der Waals surface area contributed by atoms with Crippen LogP contribution in [-0.2, 0) is 17.5 Å². The summed E-state index contributed by atoms with van der Waals surface area (Å²) in [5, 5.41) is 21.8. The maximum atomic E-state index is 13.4. The topological polar surface area (TPSA) is 145 Å². The van der Waals surface area contributed by atoms with E-state index in [1.807, 2.05) is 13.1 Å². The number of carboxylic acid groups (broad SMARTS) is 1. The number of aromatic nitrogens is 2. The van der Waals surface area contributed by atoms with Gasteiger partial charge in [0.25, 0.3) is 11.8 Å². The normalized spacial score (nSPS) is 13.8. The Balaban J connectivity index is 0.000000707. The van der Waals surface area contributed by atoms with Gasteiger partial charge >= 0.3 is 18.3 Å². The van der Waals surface area contributed by atoms with Crippen molar-refractivity contribution in [3.63, 3.8) is 0 Å². The van der Waals surface area contributed by atoms with Crippen molar-refractivity contribution >= 4 is 62.9 Å². The highest BCUT2D eigenvalue weighted by Crippen LogP contribution is 2.35. The molecule has 2 amide bonds. The molecule has 3 heterocycles. The molecule has 0 unspecified atom stereocenters. The minimum atomic E-state index is -5.08. The van der Waals surface area contributed by atoms with E-state index in [2.05, 4.69) is 25.5 Å². The van der Waals surface area contributed by atoms with E-state index < -0.39 is 48.0 Å². The standard InChI is InChI=1S/C24H20Cl2F3N5O3S.C2HF3O2/c1-34-8-6-12(7-9-34)22-32-17(21(37)30-11-13-4-2-3-5-14(13)24(27,28)29)23(38-22)33-20(36)16-10-15(25)18(35)19(26)31-16;3-2(4,5)1(6)7/h2-6,10,35H,7-9,11H2,1H3,(H,30,37)(H,33,36);(H,6,7). The number of carboxylic acids is 1. The Bertz CT molecular complexity index is 1610. The minimum absolute atomic E-state index is 0.0635. The Hall–Kier alpha value is -3.93. The second-order valence-electron chi connectivity index (χ2n) is 9.16. The fourth-order valence-electron chi connectivity index (χ4n) is 3.63. The number of carbonyl (C=O) groups is 3. The van der Waals surface area contributed by atoms with Crippen LogP contribution in [0.15, 0.2) is 36.4 Å². The summed E-state index contributed by atoms with van der Waals surface area (Å²) in [6.45, 7) is 1.02. The van der Waals surface area contributed by atoms with E-state index in [1.54, 1.807) is 0 Å². The molecule has 4 N–H and O–H groups in total. The molecule has 0 spiro atoms. The number of likely N-dealkylation sites (N-methyl/N-ethyl adjacent to an activating group) is 1. The van der Waals surface area contributed by atoms with Crippen molar-refractivity contribution in [2.45, 2.75) is 25.3 Å². The van der Waals surface area contributed by atoms with Gasteiger partial charge in [0.15, 0.2) is 16.6 Å². The number of carbonyl (C=O) groups excluding carboxylic acids is 2. The van der Waals surface area contributed by atoms with Crippen LogP contribution in [0.2, 0.25) is 10.2 Å². The molecule has 0 aliphatic carbocycles. The van der Waals surface area contributed by atoms with Crippen LogP contribution in [0, 0.1) is 0 Å². The Labute approximate surface area is 264 Å². The molecule has 3 aromatic rings. The zero-order valence-electron chi connectivity index (χ0n) is 22.7. The van der Waals surface area contributed by atoms with Gasteiger partial charge in [0, 0.05) is 19.6 Å². The number of pyridine rings is 1. The largest absolute Gasteiger partial charge is 0.504 e. The highest BCUT2D eigenvalue weighted by atomic mass is 35.5. The summed E-state index contributed by atoms with van der Waals surface area (Å²) in [6, 6.07) is 6.01. The molecule has 242 valence electrons. The molecule has 0 fully saturated rings. The number of anilines is 1. The quantitative estimate of drug-likeness (QED) is 0.178.